The van der Waals surface area contributed by atoms with Gasteiger partial charge >= 0.3 is 0 Å². The molecule has 0 saturated carbocycles. The van der Waals surface area contributed by atoms with Gasteiger partial charge in [0.25, 0.3) is 5.56 Å². The summed E-state index contributed by atoms with van der Waals surface area (Å²) in [6, 6.07) is 12.5. The van der Waals surface area contributed by atoms with Crippen LogP contribution in [-0.2, 0) is 32.7 Å². The molecule has 0 aliphatic heterocycles. The summed E-state index contributed by atoms with van der Waals surface area (Å²) in [5, 5.41) is 0. The third-order valence-corrected chi connectivity index (χ3v) is 3.37. The monoisotopic (exact) mass is 499 g/mol. The van der Waals surface area contributed by atoms with Crippen LogP contribution < -0.4 is 15.2 Å². The van der Waals surface area contributed by atoms with E-state index in [2.05, 4.69) is 23.9 Å². The van der Waals surface area contributed by atoms with Crippen LogP contribution in [0.4, 0.5) is 5.82 Å². The van der Waals surface area contributed by atoms with E-state index in [1.165, 1.54) is 10.6 Å². The molecule has 1 radical (unpaired) electrons. The molecule has 0 amide bonds. The topological polar surface area (TPSA) is 60.2 Å². The van der Waals surface area contributed by atoms with Crippen LogP contribution in [0.1, 0.15) is 34.6 Å². The van der Waals surface area contributed by atoms with Gasteiger partial charge in [-0.15, -0.1) is 6.54 Å². The molecule has 167 valence electrons. The molecule has 3 aromatic rings. The second-order valence-electron chi connectivity index (χ2n) is 5.17. The van der Waals surface area contributed by atoms with E-state index in [9.17, 15) is 4.79 Å². The zero-order chi connectivity index (χ0) is 22.8. The van der Waals surface area contributed by atoms with Gasteiger partial charge in [-0.1, -0.05) is 33.8 Å². The molecule has 0 aliphatic rings. The molecule has 0 bridgehead atoms. The van der Waals surface area contributed by atoms with Crippen molar-refractivity contribution < 1.29 is 37.4 Å². The molecular formula is C24H34N4O2Y-2. The summed E-state index contributed by atoms with van der Waals surface area (Å²) in [4.78, 5) is 21.7. The van der Waals surface area contributed by atoms with Crippen LogP contribution in [0.2, 0.25) is 0 Å². The van der Waals surface area contributed by atoms with Gasteiger partial charge in [0.05, 0.1) is 24.3 Å². The van der Waals surface area contributed by atoms with Gasteiger partial charge in [-0.3, -0.25) is 21.4 Å². The second kappa shape index (κ2) is 19.9. The Labute approximate surface area is 212 Å². The van der Waals surface area contributed by atoms with Crippen LogP contribution in [0.3, 0.4) is 0 Å². The van der Waals surface area contributed by atoms with Crippen molar-refractivity contribution in [1.29, 1.82) is 0 Å². The molecule has 0 aliphatic carbocycles. The Morgan fingerprint density at radius 1 is 1.06 bits per heavy atom. The number of rotatable bonds is 5. The third kappa shape index (κ3) is 11.8. The summed E-state index contributed by atoms with van der Waals surface area (Å²) in [6.45, 7) is 14.7. The summed E-state index contributed by atoms with van der Waals surface area (Å²) >= 11 is 0. The number of hydrogen-bond donors (Lipinski definition) is 0. The Kier molecular flexibility index (Phi) is 20.0. The van der Waals surface area contributed by atoms with Crippen LogP contribution in [0.15, 0.2) is 72.0 Å². The molecule has 31 heavy (non-hydrogen) atoms. The zero-order valence-corrected chi connectivity index (χ0v) is 22.2. The van der Waals surface area contributed by atoms with E-state index in [1.54, 1.807) is 41.8 Å². The molecule has 3 heterocycles. The molecular weight excluding hydrogens is 465 g/mol. The SMILES string of the molecule is CC.CC.[CH2-]CN([CH2-])c1ccc(-n2ccc(OCC)cc2=O)cn1.[Y].c1ccncc1. The molecule has 7 heteroatoms. The van der Waals surface area contributed by atoms with E-state index < -0.39 is 0 Å². The number of aromatic nitrogens is 3. The average Bonchev–Trinajstić information content (AvgIpc) is 2.83. The molecule has 0 unspecified atom stereocenters. The predicted octanol–water partition coefficient (Wildman–Crippen LogP) is 5.19. The van der Waals surface area contributed by atoms with Crippen molar-refractivity contribution >= 4 is 5.82 Å². The molecule has 0 atom stereocenters. The number of nitrogens with zero attached hydrogens (tertiary/aromatic N) is 4. The molecule has 6 nitrogen and oxygen atoms in total. The molecule has 0 spiro atoms. The van der Waals surface area contributed by atoms with Crippen molar-refractivity contribution in [3.05, 3.63) is 91.6 Å². The van der Waals surface area contributed by atoms with Crippen molar-refractivity contribution in [3.8, 4) is 11.4 Å². The summed E-state index contributed by atoms with van der Waals surface area (Å²) in [6.07, 6.45) is 6.80. The van der Waals surface area contributed by atoms with E-state index >= 15 is 0 Å². The Morgan fingerprint density at radius 2 is 1.71 bits per heavy atom. The van der Waals surface area contributed by atoms with Crippen LogP contribution >= 0.6 is 0 Å². The zero-order valence-electron chi connectivity index (χ0n) is 19.4. The summed E-state index contributed by atoms with van der Waals surface area (Å²) < 4.78 is 6.80. The first kappa shape index (κ1) is 31.1. The molecule has 0 aromatic carbocycles. The fourth-order valence-corrected chi connectivity index (χ4v) is 2.07. The van der Waals surface area contributed by atoms with E-state index in [0.29, 0.717) is 30.4 Å². The first-order valence-corrected chi connectivity index (χ1v) is 10.2. The van der Waals surface area contributed by atoms with Crippen molar-refractivity contribution in [1.82, 2.24) is 14.5 Å². The van der Waals surface area contributed by atoms with Crippen molar-refractivity contribution in [2.24, 2.45) is 0 Å². The van der Waals surface area contributed by atoms with E-state index in [0.717, 1.165) is 0 Å². The molecule has 3 aromatic heterocycles. The fraction of sp³-hybridized carbons (Fsp3) is 0.292. The smallest absolute Gasteiger partial charge is 0.258 e. The van der Waals surface area contributed by atoms with Gasteiger partial charge in [0.15, 0.2) is 0 Å². The molecule has 0 N–H and O–H groups in total. The largest absolute Gasteiger partial charge is 0.535 e. The fourth-order valence-electron chi connectivity index (χ4n) is 2.07. The number of pyridine rings is 3. The number of ether oxygens (including phenoxy) is 1. The average molecular weight is 499 g/mol. The predicted molar refractivity (Wildman–Crippen MR) is 126 cm³/mol. The maximum Gasteiger partial charge on any atom is 0.258 e. The molecule has 0 fully saturated rings. The summed E-state index contributed by atoms with van der Waals surface area (Å²) in [5.41, 5.74) is 0.536. The normalized spacial score (nSPS) is 8.61. The van der Waals surface area contributed by atoms with Gasteiger partial charge in [-0.25, -0.2) is 4.98 Å². The first-order valence-electron chi connectivity index (χ1n) is 10.2. The number of anilines is 1. The van der Waals surface area contributed by atoms with Gasteiger partial charge in [-0.05, 0) is 37.3 Å². The van der Waals surface area contributed by atoms with Crippen LogP contribution in [0.25, 0.3) is 5.69 Å². The Morgan fingerprint density at radius 3 is 2.10 bits per heavy atom. The maximum absolute atomic E-state index is 12.0. The van der Waals surface area contributed by atoms with Gasteiger partial charge in [0.2, 0.25) is 0 Å². The van der Waals surface area contributed by atoms with Crippen molar-refractivity contribution in [3.63, 3.8) is 0 Å². The Hall–Kier alpha value is -2.05. The first-order chi connectivity index (χ1) is 14.7. The van der Waals surface area contributed by atoms with Crippen molar-refractivity contribution in [2.45, 2.75) is 34.6 Å². The Balaban J connectivity index is 0. The standard InChI is InChI=1S/C15H17N3O2.C5H5N.2C2H6.Y/c1-4-17(3)14-7-6-12(11-16-14)18-9-8-13(20-5-2)10-15(18)19;1-2-4-6-5-3-1;2*1-2;/h6-11H,1,3-5H2,2H3;1-5H;2*1-2H3;/q-2;;;;. The van der Waals surface area contributed by atoms with E-state index in [4.69, 9.17) is 4.74 Å². The summed E-state index contributed by atoms with van der Waals surface area (Å²) in [5.74, 6) is 1.28. The molecule has 3 rings (SSSR count). The van der Waals surface area contributed by atoms with Gasteiger partial charge < -0.3 is 16.6 Å². The van der Waals surface area contributed by atoms with Crippen LogP contribution in [0.5, 0.6) is 5.75 Å². The second-order valence-corrected chi connectivity index (χ2v) is 5.17. The van der Waals surface area contributed by atoms with Gasteiger partial charge in [-0.2, -0.15) is 0 Å². The van der Waals surface area contributed by atoms with E-state index in [1.807, 2.05) is 58.9 Å². The van der Waals surface area contributed by atoms with Gasteiger partial charge in [0.1, 0.15) is 5.75 Å². The quantitative estimate of drug-likeness (QED) is 0.452. The summed E-state index contributed by atoms with van der Waals surface area (Å²) in [7, 11) is 3.80. The molecule has 0 saturated heterocycles. The Bertz CT molecular complexity index is 813. The number of hydrogen-bond acceptors (Lipinski definition) is 5. The minimum Gasteiger partial charge on any atom is -0.535 e. The van der Waals surface area contributed by atoms with Crippen LogP contribution in [-0.4, -0.2) is 27.7 Å². The van der Waals surface area contributed by atoms with Crippen LogP contribution in [0, 0.1) is 14.0 Å². The van der Waals surface area contributed by atoms with Gasteiger partial charge in [0, 0.05) is 57.4 Å². The van der Waals surface area contributed by atoms with E-state index in [-0.39, 0.29) is 38.3 Å². The maximum atomic E-state index is 12.0. The van der Waals surface area contributed by atoms with Crippen molar-refractivity contribution in [2.75, 3.05) is 18.1 Å². The third-order valence-electron chi connectivity index (χ3n) is 3.37. The minimum absolute atomic E-state index is 0. The minimum atomic E-state index is -0.158.